The smallest absolute Gasteiger partial charge is 0.0593 e. The molecule has 0 spiro atoms. The summed E-state index contributed by atoms with van der Waals surface area (Å²) in [5.41, 5.74) is 0. The molecule has 0 heterocycles. The molecule has 0 aromatic rings. The molecule has 1 rings (SSSR count). The van der Waals surface area contributed by atoms with Gasteiger partial charge in [0.2, 0.25) is 0 Å². The van der Waals surface area contributed by atoms with Crippen LogP contribution >= 0.6 is 0 Å². The number of hydrogen-bond donors (Lipinski definition) is 1. The van der Waals surface area contributed by atoms with Gasteiger partial charge in [-0.05, 0) is 18.8 Å². The molecule has 0 aromatic carbocycles. The Morgan fingerprint density at radius 1 is 1.25 bits per heavy atom. The van der Waals surface area contributed by atoms with E-state index in [1.165, 1.54) is 25.7 Å². The fraction of sp³-hybridized carbons (Fsp3) is 1.00. The van der Waals surface area contributed by atoms with E-state index in [0.717, 1.165) is 26.3 Å². The minimum atomic E-state index is 0.265. The summed E-state index contributed by atoms with van der Waals surface area (Å²) in [6, 6.07) is 0.690. The van der Waals surface area contributed by atoms with Crippen molar-refractivity contribution >= 4 is 0 Å². The minimum Gasteiger partial charge on any atom is -0.395 e. The molecule has 0 radical (unpaired) electrons. The van der Waals surface area contributed by atoms with Gasteiger partial charge in [-0.2, -0.15) is 0 Å². The molecular weight excluding hydrogens is 202 g/mol. The van der Waals surface area contributed by atoms with E-state index in [1.807, 2.05) is 0 Å². The zero-order valence-electron chi connectivity index (χ0n) is 10.8. The van der Waals surface area contributed by atoms with Gasteiger partial charge in [0.1, 0.15) is 0 Å². The second-order valence-corrected chi connectivity index (χ2v) is 5.17. The normalized spacial score (nSPS) is 17.8. The van der Waals surface area contributed by atoms with Crippen LogP contribution in [0.1, 0.15) is 39.5 Å². The predicted molar refractivity (Wildman–Crippen MR) is 66.6 cm³/mol. The van der Waals surface area contributed by atoms with Gasteiger partial charge in [-0.25, -0.2) is 0 Å². The zero-order chi connectivity index (χ0) is 11.8. The van der Waals surface area contributed by atoms with Gasteiger partial charge in [0.15, 0.2) is 0 Å². The van der Waals surface area contributed by atoms with Gasteiger partial charge in [0, 0.05) is 25.7 Å². The van der Waals surface area contributed by atoms with E-state index in [1.54, 1.807) is 0 Å². The van der Waals surface area contributed by atoms with E-state index < -0.39 is 0 Å². The minimum absolute atomic E-state index is 0.265. The summed E-state index contributed by atoms with van der Waals surface area (Å²) >= 11 is 0. The molecule has 0 atom stereocenters. The van der Waals surface area contributed by atoms with Crippen LogP contribution in [0.15, 0.2) is 0 Å². The van der Waals surface area contributed by atoms with Crippen molar-refractivity contribution in [1.82, 2.24) is 4.90 Å². The molecule has 0 saturated heterocycles. The van der Waals surface area contributed by atoms with E-state index in [0.29, 0.717) is 12.0 Å². The molecule has 96 valence electrons. The van der Waals surface area contributed by atoms with Crippen LogP contribution in [0.4, 0.5) is 0 Å². The summed E-state index contributed by atoms with van der Waals surface area (Å²) < 4.78 is 5.61. The van der Waals surface area contributed by atoms with Crippen molar-refractivity contribution < 1.29 is 9.84 Å². The Morgan fingerprint density at radius 3 is 2.50 bits per heavy atom. The lowest BCUT2D eigenvalue weighted by atomic mass is 10.2. The molecule has 0 aromatic heterocycles. The maximum atomic E-state index is 9.06. The second-order valence-electron chi connectivity index (χ2n) is 5.17. The average Bonchev–Trinajstić information content (AvgIpc) is 2.75. The molecule has 0 unspecified atom stereocenters. The fourth-order valence-corrected chi connectivity index (χ4v) is 2.38. The topological polar surface area (TPSA) is 32.7 Å². The van der Waals surface area contributed by atoms with Crippen LogP contribution in [0.3, 0.4) is 0 Å². The van der Waals surface area contributed by atoms with Crippen molar-refractivity contribution in [2.24, 2.45) is 5.92 Å². The highest BCUT2D eigenvalue weighted by Gasteiger charge is 2.21. The lowest BCUT2D eigenvalue weighted by Gasteiger charge is -2.27. The Hall–Kier alpha value is -0.120. The first-order valence-corrected chi connectivity index (χ1v) is 6.66. The number of aliphatic hydroxyl groups excluding tert-OH is 1. The first kappa shape index (κ1) is 13.9. The molecule has 0 aliphatic heterocycles. The Bertz CT molecular complexity index is 167. The summed E-state index contributed by atoms with van der Waals surface area (Å²) in [6.07, 6.45) is 5.28. The summed E-state index contributed by atoms with van der Waals surface area (Å²) in [4.78, 5) is 2.40. The van der Waals surface area contributed by atoms with Crippen LogP contribution in [0.5, 0.6) is 0 Å². The van der Waals surface area contributed by atoms with Crippen molar-refractivity contribution in [1.29, 1.82) is 0 Å². The molecule has 3 heteroatoms. The molecule has 1 N–H and O–H groups in total. The van der Waals surface area contributed by atoms with E-state index in [-0.39, 0.29) is 6.61 Å². The van der Waals surface area contributed by atoms with Crippen LogP contribution in [-0.4, -0.2) is 49.0 Å². The van der Waals surface area contributed by atoms with Gasteiger partial charge >= 0.3 is 0 Å². The molecule has 1 aliphatic carbocycles. The number of nitrogens with zero attached hydrogens (tertiary/aromatic N) is 1. The molecule has 0 amide bonds. The first-order valence-electron chi connectivity index (χ1n) is 6.66. The highest BCUT2D eigenvalue weighted by Crippen LogP contribution is 2.22. The van der Waals surface area contributed by atoms with Crippen molar-refractivity contribution in [3.05, 3.63) is 0 Å². The summed E-state index contributed by atoms with van der Waals surface area (Å²) in [5.74, 6) is 0.609. The van der Waals surface area contributed by atoms with Crippen LogP contribution in [0.2, 0.25) is 0 Å². The van der Waals surface area contributed by atoms with Gasteiger partial charge in [-0.1, -0.05) is 26.7 Å². The van der Waals surface area contributed by atoms with Crippen LogP contribution < -0.4 is 0 Å². The standard InChI is InChI=1S/C13H27NO2/c1-12(2)11-16-10-8-14(7-9-15)13-5-3-4-6-13/h12-13,15H,3-11H2,1-2H3. The summed E-state index contributed by atoms with van der Waals surface area (Å²) in [6.45, 7) is 8.02. The first-order chi connectivity index (χ1) is 7.74. The third-order valence-electron chi connectivity index (χ3n) is 3.20. The van der Waals surface area contributed by atoms with E-state index in [9.17, 15) is 0 Å². The third-order valence-corrected chi connectivity index (χ3v) is 3.20. The van der Waals surface area contributed by atoms with Gasteiger partial charge < -0.3 is 9.84 Å². The second kappa shape index (κ2) is 8.04. The van der Waals surface area contributed by atoms with Crippen molar-refractivity contribution in [3.8, 4) is 0 Å². The maximum absolute atomic E-state index is 9.06. The molecule has 1 aliphatic rings. The van der Waals surface area contributed by atoms with Gasteiger partial charge in [-0.15, -0.1) is 0 Å². The SMILES string of the molecule is CC(C)COCCN(CCO)C1CCCC1. The molecule has 16 heavy (non-hydrogen) atoms. The Labute approximate surface area is 99.8 Å². The molecule has 0 bridgehead atoms. The number of ether oxygens (including phenoxy) is 1. The van der Waals surface area contributed by atoms with Crippen molar-refractivity contribution in [2.75, 3.05) is 32.9 Å². The van der Waals surface area contributed by atoms with Crippen LogP contribution in [-0.2, 0) is 4.74 Å². The van der Waals surface area contributed by atoms with Crippen molar-refractivity contribution in [2.45, 2.75) is 45.6 Å². The monoisotopic (exact) mass is 229 g/mol. The quantitative estimate of drug-likeness (QED) is 0.645. The van der Waals surface area contributed by atoms with Crippen LogP contribution in [0.25, 0.3) is 0 Å². The van der Waals surface area contributed by atoms with Gasteiger partial charge in [0.25, 0.3) is 0 Å². The maximum Gasteiger partial charge on any atom is 0.0593 e. The number of rotatable bonds is 8. The Balaban J connectivity index is 2.17. The van der Waals surface area contributed by atoms with E-state index in [4.69, 9.17) is 9.84 Å². The summed E-state index contributed by atoms with van der Waals surface area (Å²) in [7, 11) is 0. The largest absolute Gasteiger partial charge is 0.395 e. The van der Waals surface area contributed by atoms with Gasteiger partial charge in [0.05, 0.1) is 13.2 Å². The molecule has 1 saturated carbocycles. The third kappa shape index (κ3) is 5.28. The molecule has 3 nitrogen and oxygen atoms in total. The van der Waals surface area contributed by atoms with E-state index >= 15 is 0 Å². The lowest BCUT2D eigenvalue weighted by molar-refractivity contribution is 0.0649. The molecular formula is C13H27NO2. The average molecular weight is 229 g/mol. The lowest BCUT2D eigenvalue weighted by Crippen LogP contribution is -2.38. The summed E-state index contributed by atoms with van der Waals surface area (Å²) in [5, 5.41) is 9.06. The number of hydrogen-bond acceptors (Lipinski definition) is 3. The van der Waals surface area contributed by atoms with Crippen molar-refractivity contribution in [3.63, 3.8) is 0 Å². The van der Waals surface area contributed by atoms with Crippen LogP contribution in [0, 0.1) is 5.92 Å². The Morgan fingerprint density at radius 2 is 1.94 bits per heavy atom. The van der Waals surface area contributed by atoms with Gasteiger partial charge in [-0.3, -0.25) is 4.90 Å². The van der Waals surface area contributed by atoms with E-state index in [2.05, 4.69) is 18.7 Å². The molecule has 1 fully saturated rings. The highest BCUT2D eigenvalue weighted by molar-refractivity contribution is 4.77. The fourth-order valence-electron chi connectivity index (χ4n) is 2.38. The number of aliphatic hydroxyl groups is 1. The highest BCUT2D eigenvalue weighted by atomic mass is 16.5. The Kier molecular flexibility index (Phi) is 7.01. The predicted octanol–water partition coefficient (Wildman–Crippen LogP) is 1.90. The zero-order valence-corrected chi connectivity index (χ0v) is 10.8.